The molecule has 1 aliphatic carbocycles. The summed E-state index contributed by atoms with van der Waals surface area (Å²) in [5.74, 6) is 2.56. The Morgan fingerprint density at radius 3 is 2.85 bits per heavy atom. The molecule has 0 bridgehead atoms. The number of amides is 1. The van der Waals surface area contributed by atoms with Gasteiger partial charge in [-0.1, -0.05) is 5.16 Å². The Balaban J connectivity index is 1.34. The van der Waals surface area contributed by atoms with Crippen molar-refractivity contribution in [3.8, 4) is 0 Å². The van der Waals surface area contributed by atoms with Gasteiger partial charge >= 0.3 is 0 Å². The van der Waals surface area contributed by atoms with E-state index in [9.17, 15) is 4.79 Å². The van der Waals surface area contributed by atoms with Crippen molar-refractivity contribution in [1.29, 1.82) is 0 Å². The van der Waals surface area contributed by atoms with E-state index >= 15 is 0 Å². The van der Waals surface area contributed by atoms with Crippen molar-refractivity contribution in [2.75, 3.05) is 30.0 Å². The van der Waals surface area contributed by atoms with Crippen LogP contribution in [0.2, 0.25) is 0 Å². The van der Waals surface area contributed by atoms with Crippen molar-refractivity contribution < 1.29 is 14.1 Å². The zero-order valence-electron chi connectivity index (χ0n) is 15.7. The lowest BCUT2D eigenvalue weighted by molar-refractivity contribution is -0.118. The predicted octanol–water partition coefficient (Wildman–Crippen LogP) is 2.47. The first-order chi connectivity index (χ1) is 13.1. The summed E-state index contributed by atoms with van der Waals surface area (Å²) in [6.45, 7) is 7.02. The molecule has 4 heterocycles. The maximum absolute atomic E-state index is 12.6. The van der Waals surface area contributed by atoms with E-state index in [4.69, 9.17) is 14.2 Å². The van der Waals surface area contributed by atoms with Crippen LogP contribution in [0.5, 0.6) is 0 Å². The first kappa shape index (κ1) is 16.7. The molecule has 142 valence electrons. The Hall–Kier alpha value is -2.41. The van der Waals surface area contributed by atoms with Crippen LogP contribution >= 0.6 is 0 Å². The molecule has 2 unspecified atom stereocenters. The Kier molecular flexibility index (Phi) is 3.93. The Morgan fingerprint density at radius 1 is 1.30 bits per heavy atom. The zero-order valence-corrected chi connectivity index (χ0v) is 15.7. The highest BCUT2D eigenvalue weighted by molar-refractivity contribution is 5.95. The second-order valence-electron chi connectivity index (χ2n) is 7.96. The molecular weight excluding hydrogens is 344 g/mol. The van der Waals surface area contributed by atoms with Crippen LogP contribution in [0.15, 0.2) is 16.7 Å². The molecule has 0 radical (unpaired) electrons. The molecule has 27 heavy (non-hydrogen) atoms. The van der Waals surface area contributed by atoms with Gasteiger partial charge < -0.3 is 19.5 Å². The highest BCUT2D eigenvalue weighted by atomic mass is 16.5. The molecule has 1 amide bonds. The topological polar surface area (TPSA) is 80.5 Å². The van der Waals surface area contributed by atoms with E-state index in [1.165, 1.54) is 0 Å². The van der Waals surface area contributed by atoms with E-state index in [0.717, 1.165) is 61.0 Å². The molecule has 1 saturated heterocycles. The molecule has 2 aliphatic heterocycles. The van der Waals surface area contributed by atoms with Gasteiger partial charge in [-0.05, 0) is 50.2 Å². The van der Waals surface area contributed by atoms with Crippen molar-refractivity contribution in [2.45, 2.75) is 33.2 Å². The Labute approximate surface area is 158 Å². The smallest absolute Gasteiger partial charge is 0.229 e. The highest BCUT2D eigenvalue weighted by Crippen LogP contribution is 2.51. The lowest BCUT2D eigenvalue weighted by Crippen LogP contribution is -2.30. The van der Waals surface area contributed by atoms with E-state index in [0.29, 0.717) is 24.2 Å². The van der Waals surface area contributed by atoms with E-state index in [1.54, 1.807) is 0 Å². The van der Waals surface area contributed by atoms with Gasteiger partial charge in [-0.2, -0.15) is 0 Å². The third-order valence-corrected chi connectivity index (χ3v) is 5.97. The molecular formula is C20H24N4O3. The fraction of sp³-hybridized carbons (Fsp3) is 0.550. The number of ether oxygens (including phenoxy) is 1. The lowest BCUT2D eigenvalue weighted by atomic mass is 10.1. The van der Waals surface area contributed by atoms with Crippen LogP contribution in [-0.4, -0.2) is 35.8 Å². The van der Waals surface area contributed by atoms with Gasteiger partial charge in [-0.25, -0.2) is 4.98 Å². The van der Waals surface area contributed by atoms with Crippen LogP contribution in [0.4, 0.5) is 11.5 Å². The number of fused-ring (bicyclic) bond motifs is 2. The van der Waals surface area contributed by atoms with Gasteiger partial charge in [0, 0.05) is 18.5 Å². The third-order valence-electron chi connectivity index (χ3n) is 5.97. The average Bonchev–Trinajstić information content (AvgIpc) is 2.93. The van der Waals surface area contributed by atoms with E-state index < -0.39 is 0 Å². The van der Waals surface area contributed by atoms with Gasteiger partial charge in [-0.15, -0.1) is 0 Å². The van der Waals surface area contributed by atoms with E-state index in [1.807, 2.05) is 19.9 Å². The van der Waals surface area contributed by atoms with Gasteiger partial charge in [0.15, 0.2) is 5.76 Å². The van der Waals surface area contributed by atoms with Crippen LogP contribution in [0.3, 0.4) is 0 Å². The first-order valence-corrected chi connectivity index (χ1v) is 9.66. The van der Waals surface area contributed by atoms with Crippen LogP contribution in [0, 0.1) is 31.6 Å². The zero-order chi connectivity index (χ0) is 18.5. The fourth-order valence-electron chi connectivity index (χ4n) is 4.45. The number of hydrogen-bond acceptors (Lipinski definition) is 6. The third kappa shape index (κ3) is 3.00. The molecule has 2 aromatic rings. The second kappa shape index (κ2) is 6.34. The highest BCUT2D eigenvalue weighted by Gasteiger charge is 2.58. The van der Waals surface area contributed by atoms with Crippen LogP contribution in [-0.2, 0) is 22.5 Å². The van der Waals surface area contributed by atoms with Crippen LogP contribution < -0.4 is 10.2 Å². The molecule has 1 saturated carbocycles. The van der Waals surface area contributed by atoms with E-state index in [2.05, 4.69) is 21.4 Å². The van der Waals surface area contributed by atoms with Crippen LogP contribution in [0.25, 0.3) is 0 Å². The maximum atomic E-state index is 12.6. The fourth-order valence-corrected chi connectivity index (χ4v) is 4.45. The van der Waals surface area contributed by atoms with Crippen LogP contribution in [0.1, 0.15) is 29.1 Å². The van der Waals surface area contributed by atoms with Crippen molar-refractivity contribution >= 4 is 17.4 Å². The summed E-state index contributed by atoms with van der Waals surface area (Å²) in [7, 11) is 0. The van der Waals surface area contributed by atoms with Gasteiger partial charge in [-0.3, -0.25) is 4.79 Å². The molecule has 2 atom stereocenters. The summed E-state index contributed by atoms with van der Waals surface area (Å²) >= 11 is 0. The monoisotopic (exact) mass is 368 g/mol. The standard InChI is InChI=1S/C20H24N4O3/c1-11-6-17-16(4-3-5-24(17)8-13-7-12(2)23-27-13)21-19(11)22-20(25)18-14-9-26-10-15(14)18/h6-7,14-15,18H,3-5,8-10H2,1-2H3,(H,21,22,25). The molecule has 2 aromatic heterocycles. The van der Waals surface area contributed by atoms with Gasteiger partial charge in [0.25, 0.3) is 0 Å². The van der Waals surface area contributed by atoms with Crippen molar-refractivity contribution in [3.05, 3.63) is 34.8 Å². The minimum absolute atomic E-state index is 0.0913. The number of carbonyl (C=O) groups is 1. The summed E-state index contributed by atoms with van der Waals surface area (Å²) in [6.07, 6.45) is 1.96. The number of rotatable bonds is 4. The summed E-state index contributed by atoms with van der Waals surface area (Å²) in [5, 5.41) is 7.04. The first-order valence-electron chi connectivity index (χ1n) is 9.66. The molecule has 1 N–H and O–H groups in total. The van der Waals surface area contributed by atoms with E-state index in [-0.39, 0.29) is 11.8 Å². The number of carbonyl (C=O) groups excluding carboxylic acids is 1. The minimum Gasteiger partial charge on any atom is -0.381 e. The lowest BCUT2D eigenvalue weighted by Gasteiger charge is -2.30. The summed E-state index contributed by atoms with van der Waals surface area (Å²) in [6, 6.07) is 4.11. The molecule has 3 aliphatic rings. The number of hydrogen-bond donors (Lipinski definition) is 1. The van der Waals surface area contributed by atoms with Gasteiger partial charge in [0.2, 0.25) is 5.91 Å². The molecule has 5 rings (SSSR count). The van der Waals surface area contributed by atoms with Crippen molar-refractivity contribution in [3.63, 3.8) is 0 Å². The number of nitrogens with zero attached hydrogens (tertiary/aromatic N) is 3. The number of aromatic nitrogens is 2. The van der Waals surface area contributed by atoms with Gasteiger partial charge in [0.05, 0.1) is 36.8 Å². The normalized spacial score (nSPS) is 25.9. The largest absolute Gasteiger partial charge is 0.381 e. The maximum Gasteiger partial charge on any atom is 0.229 e. The van der Waals surface area contributed by atoms with Crippen molar-refractivity contribution in [2.24, 2.45) is 17.8 Å². The van der Waals surface area contributed by atoms with Gasteiger partial charge in [0.1, 0.15) is 5.82 Å². The molecule has 0 aromatic carbocycles. The summed E-state index contributed by atoms with van der Waals surface area (Å²) in [5.41, 5.74) is 4.05. The number of pyridine rings is 1. The second-order valence-corrected chi connectivity index (χ2v) is 7.96. The molecule has 0 spiro atoms. The molecule has 2 fully saturated rings. The number of nitrogens with one attached hydrogen (secondary N) is 1. The SMILES string of the molecule is Cc1cc(CN2CCCc3nc(NC(=O)C4C5COCC54)c(C)cc32)on1. The van der Waals surface area contributed by atoms with Crippen molar-refractivity contribution in [1.82, 2.24) is 10.1 Å². The number of anilines is 2. The molecule has 7 nitrogen and oxygen atoms in total. The summed E-state index contributed by atoms with van der Waals surface area (Å²) in [4.78, 5) is 19.7. The number of aryl methyl sites for hydroxylation is 3. The minimum atomic E-state index is 0.0913. The average molecular weight is 368 g/mol. The quantitative estimate of drug-likeness (QED) is 0.893. The molecule has 7 heteroatoms. The Morgan fingerprint density at radius 2 is 2.11 bits per heavy atom. The summed E-state index contributed by atoms with van der Waals surface area (Å²) < 4.78 is 10.8. The Bertz CT molecular complexity index is 883. The predicted molar refractivity (Wildman–Crippen MR) is 99.5 cm³/mol.